The Labute approximate surface area is 317 Å². The van der Waals surface area contributed by atoms with Gasteiger partial charge in [0.05, 0.1) is 11.4 Å². The summed E-state index contributed by atoms with van der Waals surface area (Å²) in [6, 6.07) is 70.8. The number of anilines is 3. The Balaban J connectivity index is 1.21. The molecule has 2 heterocycles. The number of hydrogen-bond acceptors (Lipinski definition) is 3. The number of benzene rings is 9. The first kappa shape index (κ1) is 31.2. The largest absolute Gasteiger partial charge is 0.456 e. The van der Waals surface area contributed by atoms with E-state index >= 15 is 0 Å². The molecule has 55 heavy (non-hydrogen) atoms. The van der Waals surface area contributed by atoms with Crippen LogP contribution in [0.25, 0.3) is 88.0 Å². The molecule has 0 aliphatic heterocycles. The molecule has 0 saturated carbocycles. The van der Waals surface area contributed by atoms with Gasteiger partial charge >= 0.3 is 0 Å². The first-order valence-corrected chi connectivity index (χ1v) is 18.7. The fourth-order valence-corrected chi connectivity index (χ4v) is 8.33. The normalized spacial score (nSPS) is 11.6. The van der Waals surface area contributed by atoms with E-state index in [0.717, 1.165) is 88.6 Å². The summed E-state index contributed by atoms with van der Waals surface area (Å²) in [7, 11) is 0. The van der Waals surface area contributed by atoms with Crippen molar-refractivity contribution < 1.29 is 8.83 Å². The molecule has 0 bridgehead atoms. The zero-order valence-electron chi connectivity index (χ0n) is 29.8. The zero-order chi connectivity index (χ0) is 36.3. The van der Waals surface area contributed by atoms with Crippen molar-refractivity contribution in [3.05, 3.63) is 200 Å². The van der Waals surface area contributed by atoms with Crippen LogP contribution in [-0.2, 0) is 0 Å². The minimum atomic E-state index is 0.838. The second-order valence-electron chi connectivity index (χ2n) is 14.0. The van der Waals surface area contributed by atoms with Crippen LogP contribution in [0, 0.1) is 0 Å². The lowest BCUT2D eigenvalue weighted by atomic mass is 9.94. The molecular weight excluding hydrogens is 671 g/mol. The minimum absolute atomic E-state index is 0.838. The average Bonchev–Trinajstić information content (AvgIpc) is 3.83. The van der Waals surface area contributed by atoms with Crippen LogP contribution >= 0.6 is 0 Å². The van der Waals surface area contributed by atoms with Crippen molar-refractivity contribution in [2.75, 3.05) is 4.90 Å². The highest BCUT2D eigenvalue weighted by Crippen LogP contribution is 2.48. The van der Waals surface area contributed by atoms with Gasteiger partial charge < -0.3 is 13.7 Å². The SMILES string of the molecule is c1ccc(-c2ccc(N(c3ccc4oc5cc(-c6ccccc6)c6ccccc6c5c4c3)c3cccc4c3oc3ccccc34)c(-c3ccccc3)c2)cc1. The third kappa shape index (κ3) is 5.13. The van der Waals surface area contributed by atoms with Crippen molar-refractivity contribution in [3.8, 4) is 33.4 Å². The van der Waals surface area contributed by atoms with Gasteiger partial charge in [-0.25, -0.2) is 0 Å². The van der Waals surface area contributed by atoms with E-state index < -0.39 is 0 Å². The first-order chi connectivity index (χ1) is 27.3. The maximum atomic E-state index is 6.74. The van der Waals surface area contributed by atoms with E-state index in [4.69, 9.17) is 8.83 Å². The van der Waals surface area contributed by atoms with E-state index in [-0.39, 0.29) is 0 Å². The standard InChI is InChI=1S/C52H33NO2/c1-4-15-34(16-5-1)37-27-29-46(44(31-37)36-19-8-3-9-20-36)53(47-25-14-24-42-40-22-12-13-26-48(40)55-52(42)47)38-28-30-49-45(32-38)51-41-23-11-10-21-39(41)43(33-50(51)54-49)35-17-6-2-7-18-35/h1-33H. The highest BCUT2D eigenvalue weighted by atomic mass is 16.3. The molecule has 0 aliphatic rings. The van der Waals surface area contributed by atoms with Gasteiger partial charge in [-0.3, -0.25) is 0 Å². The molecule has 0 aliphatic carbocycles. The fraction of sp³-hybridized carbons (Fsp3) is 0. The molecule has 11 rings (SSSR count). The van der Waals surface area contributed by atoms with Gasteiger partial charge in [-0.2, -0.15) is 0 Å². The maximum Gasteiger partial charge on any atom is 0.159 e. The van der Waals surface area contributed by atoms with E-state index in [1.807, 2.05) is 12.1 Å². The van der Waals surface area contributed by atoms with Crippen molar-refractivity contribution in [2.24, 2.45) is 0 Å². The summed E-state index contributed by atoms with van der Waals surface area (Å²) in [5.41, 5.74) is 13.3. The Morgan fingerprint density at radius 3 is 1.69 bits per heavy atom. The zero-order valence-corrected chi connectivity index (χ0v) is 29.8. The van der Waals surface area contributed by atoms with E-state index in [0.29, 0.717) is 0 Å². The minimum Gasteiger partial charge on any atom is -0.456 e. The van der Waals surface area contributed by atoms with Crippen molar-refractivity contribution in [2.45, 2.75) is 0 Å². The predicted molar refractivity (Wildman–Crippen MR) is 229 cm³/mol. The van der Waals surface area contributed by atoms with Gasteiger partial charge in [-0.05, 0) is 87.1 Å². The molecule has 2 aromatic heterocycles. The summed E-state index contributed by atoms with van der Waals surface area (Å²) >= 11 is 0. The monoisotopic (exact) mass is 703 g/mol. The lowest BCUT2D eigenvalue weighted by Crippen LogP contribution is -2.11. The van der Waals surface area contributed by atoms with E-state index in [1.165, 1.54) is 16.5 Å². The summed E-state index contributed by atoms with van der Waals surface area (Å²) in [6.45, 7) is 0. The van der Waals surface area contributed by atoms with Crippen LogP contribution < -0.4 is 4.90 Å². The van der Waals surface area contributed by atoms with Crippen LogP contribution in [0.5, 0.6) is 0 Å². The predicted octanol–water partition coefficient (Wildman–Crippen LogP) is 15.1. The Morgan fingerprint density at radius 1 is 0.309 bits per heavy atom. The smallest absolute Gasteiger partial charge is 0.159 e. The molecule has 0 saturated heterocycles. The molecule has 0 amide bonds. The molecular formula is C52H33NO2. The summed E-state index contributed by atoms with van der Waals surface area (Å²) in [5.74, 6) is 0. The molecule has 11 aromatic rings. The van der Waals surface area contributed by atoms with Crippen LogP contribution in [0.4, 0.5) is 17.1 Å². The number of para-hydroxylation sites is 2. The Bertz CT molecular complexity index is 3200. The van der Waals surface area contributed by atoms with Crippen molar-refractivity contribution in [1.82, 2.24) is 0 Å². The number of rotatable bonds is 6. The van der Waals surface area contributed by atoms with Gasteiger partial charge in [0.1, 0.15) is 16.7 Å². The van der Waals surface area contributed by atoms with Gasteiger partial charge in [0.15, 0.2) is 5.58 Å². The second kappa shape index (κ2) is 12.6. The molecule has 3 nitrogen and oxygen atoms in total. The van der Waals surface area contributed by atoms with Gasteiger partial charge in [-0.1, -0.05) is 152 Å². The number of furan rings is 2. The molecule has 0 unspecified atom stereocenters. The third-order valence-electron chi connectivity index (χ3n) is 10.9. The summed E-state index contributed by atoms with van der Waals surface area (Å²) in [5, 5.41) is 6.71. The lowest BCUT2D eigenvalue weighted by Gasteiger charge is -2.28. The number of nitrogens with zero attached hydrogens (tertiary/aromatic N) is 1. The fourth-order valence-electron chi connectivity index (χ4n) is 8.33. The maximum absolute atomic E-state index is 6.74. The van der Waals surface area contributed by atoms with Crippen molar-refractivity contribution in [1.29, 1.82) is 0 Å². The van der Waals surface area contributed by atoms with E-state index in [9.17, 15) is 0 Å². The highest BCUT2D eigenvalue weighted by molar-refractivity contribution is 6.23. The average molecular weight is 704 g/mol. The van der Waals surface area contributed by atoms with Crippen molar-refractivity contribution in [3.63, 3.8) is 0 Å². The second-order valence-corrected chi connectivity index (χ2v) is 14.0. The van der Waals surface area contributed by atoms with Crippen LogP contribution in [0.2, 0.25) is 0 Å². The van der Waals surface area contributed by atoms with Crippen LogP contribution in [-0.4, -0.2) is 0 Å². The van der Waals surface area contributed by atoms with Gasteiger partial charge in [0.2, 0.25) is 0 Å². The number of fused-ring (bicyclic) bond motifs is 8. The third-order valence-corrected chi connectivity index (χ3v) is 10.9. The van der Waals surface area contributed by atoms with Gasteiger partial charge in [0.25, 0.3) is 0 Å². The van der Waals surface area contributed by atoms with Gasteiger partial charge in [-0.15, -0.1) is 0 Å². The molecule has 0 radical (unpaired) electrons. The quantitative estimate of drug-likeness (QED) is 0.173. The Hall–Kier alpha value is -7.36. The van der Waals surface area contributed by atoms with Crippen molar-refractivity contribution >= 4 is 71.7 Å². The Kier molecular flexibility index (Phi) is 7.17. The summed E-state index contributed by atoms with van der Waals surface area (Å²) < 4.78 is 13.4. The molecule has 0 fully saturated rings. The summed E-state index contributed by atoms with van der Waals surface area (Å²) in [6.07, 6.45) is 0. The molecule has 3 heteroatoms. The van der Waals surface area contributed by atoms with Crippen LogP contribution in [0.15, 0.2) is 209 Å². The molecule has 0 N–H and O–H groups in total. The van der Waals surface area contributed by atoms with E-state index in [1.54, 1.807) is 0 Å². The molecule has 0 spiro atoms. The Morgan fingerprint density at radius 2 is 0.927 bits per heavy atom. The highest BCUT2D eigenvalue weighted by Gasteiger charge is 2.24. The van der Waals surface area contributed by atoms with Gasteiger partial charge in [0, 0.05) is 32.8 Å². The molecule has 258 valence electrons. The lowest BCUT2D eigenvalue weighted by molar-refractivity contribution is 0.669. The topological polar surface area (TPSA) is 29.5 Å². The van der Waals surface area contributed by atoms with Crippen LogP contribution in [0.3, 0.4) is 0 Å². The first-order valence-electron chi connectivity index (χ1n) is 18.7. The number of hydrogen-bond donors (Lipinski definition) is 0. The molecule has 9 aromatic carbocycles. The van der Waals surface area contributed by atoms with E-state index in [2.05, 4.69) is 193 Å². The molecule has 0 atom stereocenters. The van der Waals surface area contributed by atoms with Crippen LogP contribution in [0.1, 0.15) is 0 Å². The summed E-state index contributed by atoms with van der Waals surface area (Å²) in [4.78, 5) is 2.36.